The van der Waals surface area contributed by atoms with Crippen LogP contribution in [0.3, 0.4) is 0 Å². The van der Waals surface area contributed by atoms with Crippen LogP contribution in [0.4, 0.5) is 0 Å². The van der Waals surface area contributed by atoms with E-state index < -0.39 is 8.07 Å². The molecule has 0 spiro atoms. The summed E-state index contributed by atoms with van der Waals surface area (Å²) in [6, 6.07) is 0. The fourth-order valence-corrected chi connectivity index (χ4v) is 1.30. The van der Waals surface area contributed by atoms with Crippen LogP contribution in [0.1, 0.15) is 27.7 Å². The van der Waals surface area contributed by atoms with Gasteiger partial charge in [0.25, 0.3) is 0 Å². The van der Waals surface area contributed by atoms with Gasteiger partial charge in [0.15, 0.2) is 0 Å². The highest BCUT2D eigenvalue weighted by Gasteiger charge is 2.33. The van der Waals surface area contributed by atoms with Crippen molar-refractivity contribution in [3.05, 3.63) is 0 Å². The minimum atomic E-state index is -1.55. The Kier molecular flexibility index (Phi) is 3.29. The maximum atomic E-state index is 10.7. The maximum absolute atomic E-state index is 10.7. The predicted octanol–water partition coefficient (Wildman–Crippen LogP) is 2.63. The zero-order chi connectivity index (χ0) is 9.99. The lowest BCUT2D eigenvalue weighted by atomic mass is 10.2. The Hall–Kier alpha value is -0.553. The van der Waals surface area contributed by atoms with E-state index in [2.05, 4.69) is 45.3 Å². The Labute approximate surface area is 76.6 Å². The van der Waals surface area contributed by atoms with Crippen molar-refractivity contribution < 1.29 is 4.79 Å². The molecule has 0 aliphatic carbocycles. The minimum absolute atomic E-state index is 0.0279. The molecular formula is C10H18OSi. The Balaban J connectivity index is 4.69. The minimum Gasteiger partial charge on any atom is -0.285 e. The van der Waals surface area contributed by atoms with Crippen molar-refractivity contribution >= 4 is 13.9 Å². The molecule has 0 aromatic rings. The third-order valence-electron chi connectivity index (χ3n) is 2.43. The van der Waals surface area contributed by atoms with Crippen LogP contribution in [0.15, 0.2) is 0 Å². The molecule has 68 valence electrons. The van der Waals surface area contributed by atoms with Gasteiger partial charge in [0.1, 0.15) is 8.07 Å². The van der Waals surface area contributed by atoms with Crippen LogP contribution in [-0.4, -0.2) is 13.9 Å². The van der Waals surface area contributed by atoms with Crippen LogP contribution in [-0.2, 0) is 4.79 Å². The number of carbonyl (C=O) groups is 1. The summed E-state index contributed by atoms with van der Waals surface area (Å²) >= 11 is 0. The topological polar surface area (TPSA) is 17.1 Å². The predicted molar refractivity (Wildman–Crippen MR) is 55.7 cm³/mol. The summed E-state index contributed by atoms with van der Waals surface area (Å²) in [4.78, 5) is 10.7. The van der Waals surface area contributed by atoms with Crippen molar-refractivity contribution in [2.75, 3.05) is 0 Å². The molecule has 0 aliphatic heterocycles. The molecule has 0 bridgehead atoms. The fourth-order valence-electron chi connectivity index (χ4n) is 0.432. The second-order valence-corrected chi connectivity index (χ2v) is 9.68. The highest BCUT2D eigenvalue weighted by Crippen LogP contribution is 2.34. The Morgan fingerprint density at radius 1 is 1.25 bits per heavy atom. The highest BCUT2D eigenvalue weighted by atomic mass is 28.3. The van der Waals surface area contributed by atoms with Gasteiger partial charge in [-0.2, -0.15) is 0 Å². The Bertz CT molecular complexity index is 235. The van der Waals surface area contributed by atoms with Crippen molar-refractivity contribution in [2.45, 2.75) is 45.8 Å². The maximum Gasteiger partial charge on any atom is 0.201 e. The van der Waals surface area contributed by atoms with Crippen LogP contribution in [0.25, 0.3) is 0 Å². The summed E-state index contributed by atoms with van der Waals surface area (Å²) in [6.07, 6.45) is 0. The highest BCUT2D eigenvalue weighted by molar-refractivity contribution is 6.87. The molecule has 0 aromatic heterocycles. The number of hydrogen-bond acceptors (Lipinski definition) is 1. The first-order chi connectivity index (χ1) is 5.17. The lowest BCUT2D eigenvalue weighted by Gasteiger charge is -2.31. The van der Waals surface area contributed by atoms with Crippen molar-refractivity contribution in [1.82, 2.24) is 0 Å². The standard InChI is InChI=1S/C10H18OSi/c1-9(11)7-8-12(5,6)10(2,3)4/h1-6H3. The van der Waals surface area contributed by atoms with Gasteiger partial charge in [-0.3, -0.25) is 4.79 Å². The van der Waals surface area contributed by atoms with E-state index in [0.717, 1.165) is 0 Å². The summed E-state index contributed by atoms with van der Waals surface area (Å²) in [5.74, 6) is 2.64. The monoisotopic (exact) mass is 182 g/mol. The Morgan fingerprint density at radius 2 is 1.67 bits per heavy atom. The number of rotatable bonds is 0. The number of ketones is 1. The molecule has 0 aliphatic rings. The van der Waals surface area contributed by atoms with Crippen LogP contribution in [0, 0.1) is 11.5 Å². The average molecular weight is 182 g/mol. The van der Waals surface area contributed by atoms with Gasteiger partial charge in [0, 0.05) is 6.92 Å². The summed E-state index contributed by atoms with van der Waals surface area (Å²) < 4.78 is 0. The van der Waals surface area contributed by atoms with Gasteiger partial charge < -0.3 is 0 Å². The Morgan fingerprint density at radius 3 is 1.92 bits per heavy atom. The summed E-state index contributed by atoms with van der Waals surface area (Å²) in [5, 5.41) is 0.245. The molecule has 0 unspecified atom stereocenters. The first-order valence-electron chi connectivity index (χ1n) is 4.20. The molecule has 0 fully saturated rings. The van der Waals surface area contributed by atoms with E-state index in [1.165, 1.54) is 6.92 Å². The molecule has 0 saturated carbocycles. The van der Waals surface area contributed by atoms with Gasteiger partial charge in [-0.25, -0.2) is 0 Å². The summed E-state index contributed by atoms with van der Waals surface area (Å²) in [6.45, 7) is 12.5. The van der Waals surface area contributed by atoms with E-state index in [-0.39, 0.29) is 10.8 Å². The van der Waals surface area contributed by atoms with Crippen LogP contribution < -0.4 is 0 Å². The molecule has 0 N–H and O–H groups in total. The van der Waals surface area contributed by atoms with Crippen molar-refractivity contribution in [2.24, 2.45) is 0 Å². The van der Waals surface area contributed by atoms with E-state index in [0.29, 0.717) is 0 Å². The van der Waals surface area contributed by atoms with Gasteiger partial charge in [-0.05, 0) is 11.0 Å². The lowest BCUT2D eigenvalue weighted by Crippen LogP contribution is -2.35. The molecule has 0 rings (SSSR count). The van der Waals surface area contributed by atoms with Crippen molar-refractivity contribution in [1.29, 1.82) is 0 Å². The molecule has 0 radical (unpaired) electrons. The van der Waals surface area contributed by atoms with Gasteiger partial charge in [-0.1, -0.05) is 33.9 Å². The first kappa shape index (κ1) is 11.4. The molecule has 2 heteroatoms. The molecular weight excluding hydrogens is 164 g/mol. The van der Waals surface area contributed by atoms with Crippen molar-refractivity contribution in [3.8, 4) is 11.5 Å². The third kappa shape index (κ3) is 3.23. The summed E-state index contributed by atoms with van der Waals surface area (Å²) in [7, 11) is -1.55. The second-order valence-electron chi connectivity index (χ2n) is 4.68. The second kappa shape index (κ2) is 3.45. The molecule has 1 nitrogen and oxygen atoms in total. The SMILES string of the molecule is CC(=O)C#C[Si](C)(C)C(C)(C)C. The average Bonchev–Trinajstić information content (AvgIpc) is 1.81. The van der Waals surface area contributed by atoms with E-state index in [9.17, 15) is 4.79 Å². The smallest absolute Gasteiger partial charge is 0.201 e. The molecule has 12 heavy (non-hydrogen) atoms. The molecule has 0 aromatic carbocycles. The molecule has 0 atom stereocenters. The number of carbonyl (C=O) groups excluding carboxylic acids is 1. The van der Waals surface area contributed by atoms with Gasteiger partial charge in [-0.15, -0.1) is 5.54 Å². The third-order valence-corrected chi connectivity index (χ3v) is 6.93. The van der Waals surface area contributed by atoms with E-state index in [4.69, 9.17) is 0 Å². The quantitative estimate of drug-likeness (QED) is 0.416. The summed E-state index contributed by atoms with van der Waals surface area (Å²) in [5.41, 5.74) is 3.14. The normalized spacial score (nSPS) is 11.8. The van der Waals surface area contributed by atoms with Crippen LogP contribution in [0.2, 0.25) is 18.1 Å². The van der Waals surface area contributed by atoms with Gasteiger partial charge in [0.2, 0.25) is 5.78 Å². The number of Topliss-reactive ketones (excluding diaryl/α,β-unsaturated/α-hetero) is 1. The van der Waals surface area contributed by atoms with E-state index >= 15 is 0 Å². The van der Waals surface area contributed by atoms with Gasteiger partial charge in [0.05, 0.1) is 0 Å². The zero-order valence-electron chi connectivity index (χ0n) is 8.91. The molecule has 0 heterocycles. The van der Waals surface area contributed by atoms with E-state index in [1.807, 2.05) is 0 Å². The first-order valence-corrected chi connectivity index (χ1v) is 7.20. The zero-order valence-corrected chi connectivity index (χ0v) is 9.91. The van der Waals surface area contributed by atoms with E-state index in [1.54, 1.807) is 0 Å². The number of hydrogen-bond donors (Lipinski definition) is 0. The molecule has 0 saturated heterocycles. The lowest BCUT2D eigenvalue weighted by molar-refractivity contribution is -0.111. The van der Waals surface area contributed by atoms with Crippen LogP contribution >= 0.6 is 0 Å². The molecule has 0 amide bonds. The van der Waals surface area contributed by atoms with Crippen molar-refractivity contribution in [3.63, 3.8) is 0 Å². The largest absolute Gasteiger partial charge is 0.285 e. The van der Waals surface area contributed by atoms with Gasteiger partial charge >= 0.3 is 0 Å². The fraction of sp³-hybridized carbons (Fsp3) is 0.700. The van der Waals surface area contributed by atoms with Crippen LogP contribution in [0.5, 0.6) is 0 Å².